The maximum Gasteiger partial charge on any atom is 0.0957 e. The number of rotatable bonds is 2. The molecule has 15 heavy (non-hydrogen) atoms. The number of aliphatic hydroxyl groups is 1. The zero-order valence-electron chi connectivity index (χ0n) is 8.96. The van der Waals surface area contributed by atoms with Crippen molar-refractivity contribution in [1.82, 2.24) is 9.78 Å². The molecule has 0 bridgehead atoms. The van der Waals surface area contributed by atoms with Crippen LogP contribution in [0.5, 0.6) is 0 Å². The van der Waals surface area contributed by atoms with Gasteiger partial charge in [-0.25, -0.2) is 0 Å². The lowest BCUT2D eigenvalue weighted by molar-refractivity contribution is 0.0254. The highest BCUT2D eigenvalue weighted by atomic mass is 79.9. The molecule has 84 valence electrons. The Morgan fingerprint density at radius 3 is 2.87 bits per heavy atom. The van der Waals surface area contributed by atoms with Crippen LogP contribution in [0.25, 0.3) is 0 Å². The number of hydrogen-bond acceptors (Lipinski definition) is 3. The second-order valence-corrected chi connectivity index (χ2v) is 4.97. The Hall–Kier alpha value is -0.390. The summed E-state index contributed by atoms with van der Waals surface area (Å²) in [6, 6.07) is 0. The molecule has 1 unspecified atom stereocenters. The second-order valence-electron chi connectivity index (χ2n) is 4.17. The van der Waals surface area contributed by atoms with Gasteiger partial charge in [0.05, 0.1) is 28.1 Å². The Labute approximate surface area is 97.4 Å². The van der Waals surface area contributed by atoms with Crippen LogP contribution < -0.4 is 0 Å². The second kappa shape index (κ2) is 3.88. The van der Waals surface area contributed by atoms with Crippen LogP contribution in [0.3, 0.4) is 0 Å². The molecular weight excluding hydrogens is 260 g/mol. The molecule has 1 fully saturated rings. The van der Waals surface area contributed by atoms with Gasteiger partial charge >= 0.3 is 0 Å². The first-order valence-corrected chi connectivity index (χ1v) is 5.79. The van der Waals surface area contributed by atoms with Gasteiger partial charge in [0.1, 0.15) is 0 Å². The third-order valence-electron chi connectivity index (χ3n) is 2.84. The van der Waals surface area contributed by atoms with E-state index < -0.39 is 5.60 Å². The van der Waals surface area contributed by atoms with Crippen LogP contribution in [0.1, 0.15) is 17.8 Å². The van der Waals surface area contributed by atoms with E-state index in [1.807, 2.05) is 18.7 Å². The van der Waals surface area contributed by atoms with Crippen molar-refractivity contribution in [2.45, 2.75) is 25.4 Å². The van der Waals surface area contributed by atoms with Gasteiger partial charge in [-0.2, -0.15) is 5.10 Å². The average Bonchev–Trinajstić information content (AvgIpc) is 2.68. The molecule has 0 saturated carbocycles. The fraction of sp³-hybridized carbons (Fsp3) is 0.700. The van der Waals surface area contributed by atoms with Crippen molar-refractivity contribution in [2.24, 2.45) is 7.05 Å². The van der Waals surface area contributed by atoms with E-state index in [2.05, 4.69) is 21.0 Å². The normalized spacial score (nSPS) is 26.1. The fourth-order valence-corrected chi connectivity index (χ4v) is 2.40. The zero-order chi connectivity index (χ0) is 11.1. The smallest absolute Gasteiger partial charge is 0.0957 e. The summed E-state index contributed by atoms with van der Waals surface area (Å²) in [5.41, 5.74) is 1.26. The molecular formula is C10H15BrN2O2. The first-order chi connectivity index (χ1) is 7.02. The summed E-state index contributed by atoms with van der Waals surface area (Å²) >= 11 is 3.50. The van der Waals surface area contributed by atoms with Crippen LogP contribution in [0.2, 0.25) is 0 Å². The molecule has 0 aliphatic carbocycles. The zero-order valence-corrected chi connectivity index (χ0v) is 10.5. The molecule has 2 rings (SSSR count). The predicted octanol–water partition coefficient (Wildman–Crippen LogP) is 1.18. The van der Waals surface area contributed by atoms with Gasteiger partial charge < -0.3 is 9.84 Å². The van der Waals surface area contributed by atoms with Crippen molar-refractivity contribution in [3.8, 4) is 0 Å². The lowest BCUT2D eigenvalue weighted by Crippen LogP contribution is -2.32. The molecule has 1 atom stereocenters. The predicted molar refractivity (Wildman–Crippen MR) is 59.7 cm³/mol. The Balaban J connectivity index is 2.23. The summed E-state index contributed by atoms with van der Waals surface area (Å²) in [4.78, 5) is 0. The molecule has 1 aliphatic heterocycles. The average molecular weight is 275 g/mol. The molecule has 4 nitrogen and oxygen atoms in total. The molecule has 1 aromatic rings. The van der Waals surface area contributed by atoms with Gasteiger partial charge in [0.25, 0.3) is 0 Å². The third-order valence-corrected chi connectivity index (χ3v) is 3.87. The summed E-state index contributed by atoms with van der Waals surface area (Å²) in [5.74, 6) is 0. The van der Waals surface area contributed by atoms with Gasteiger partial charge in [-0.05, 0) is 22.9 Å². The molecule has 1 aromatic heterocycles. The van der Waals surface area contributed by atoms with Gasteiger partial charge in [-0.3, -0.25) is 4.68 Å². The van der Waals surface area contributed by atoms with E-state index in [-0.39, 0.29) is 0 Å². The number of nitrogens with zero attached hydrogens (tertiary/aromatic N) is 2. The van der Waals surface area contributed by atoms with Crippen LogP contribution >= 0.6 is 15.9 Å². The van der Waals surface area contributed by atoms with Crippen LogP contribution in [-0.4, -0.2) is 33.7 Å². The largest absolute Gasteiger partial charge is 0.387 e. The first kappa shape index (κ1) is 11.1. The van der Waals surface area contributed by atoms with E-state index in [0.717, 1.165) is 15.9 Å². The van der Waals surface area contributed by atoms with Crippen molar-refractivity contribution in [3.63, 3.8) is 0 Å². The highest BCUT2D eigenvalue weighted by molar-refractivity contribution is 9.10. The van der Waals surface area contributed by atoms with E-state index >= 15 is 0 Å². The fourth-order valence-electron chi connectivity index (χ4n) is 1.92. The molecule has 0 aromatic carbocycles. The van der Waals surface area contributed by atoms with E-state index in [9.17, 15) is 5.11 Å². The maximum atomic E-state index is 10.2. The Morgan fingerprint density at radius 1 is 1.67 bits per heavy atom. The Bertz CT molecular complexity index is 370. The number of ether oxygens (including phenoxy) is 1. The van der Waals surface area contributed by atoms with Crippen molar-refractivity contribution < 1.29 is 9.84 Å². The highest BCUT2D eigenvalue weighted by Gasteiger charge is 2.34. The lowest BCUT2D eigenvalue weighted by atomic mass is 9.97. The summed E-state index contributed by atoms with van der Waals surface area (Å²) in [6.45, 7) is 3.01. The quantitative estimate of drug-likeness (QED) is 0.881. The van der Waals surface area contributed by atoms with Gasteiger partial charge in [0, 0.05) is 26.5 Å². The molecule has 0 amide bonds. The van der Waals surface area contributed by atoms with Crippen molar-refractivity contribution >= 4 is 15.9 Å². The molecule has 1 N–H and O–H groups in total. The first-order valence-electron chi connectivity index (χ1n) is 5.00. The molecule has 5 heteroatoms. The van der Waals surface area contributed by atoms with E-state index in [1.54, 1.807) is 0 Å². The van der Waals surface area contributed by atoms with Crippen molar-refractivity contribution in [3.05, 3.63) is 15.9 Å². The minimum atomic E-state index is -0.719. The topological polar surface area (TPSA) is 47.3 Å². The summed E-state index contributed by atoms with van der Waals surface area (Å²) < 4.78 is 8.03. The number of aryl methyl sites for hydroxylation is 2. The minimum absolute atomic E-state index is 0.420. The van der Waals surface area contributed by atoms with Crippen LogP contribution in [0.4, 0.5) is 0 Å². The summed E-state index contributed by atoms with van der Waals surface area (Å²) in [6.07, 6.45) is 1.29. The van der Waals surface area contributed by atoms with E-state index in [1.165, 1.54) is 0 Å². The number of halogens is 1. The maximum absolute atomic E-state index is 10.2. The SMILES string of the molecule is Cc1nn(C)c(CC2(O)CCOC2)c1Br. The van der Waals surface area contributed by atoms with Gasteiger partial charge in [-0.15, -0.1) is 0 Å². The highest BCUT2D eigenvalue weighted by Crippen LogP contribution is 2.28. The van der Waals surface area contributed by atoms with E-state index in [4.69, 9.17) is 4.74 Å². The molecule has 0 spiro atoms. The molecule has 1 aliphatic rings. The van der Waals surface area contributed by atoms with Crippen molar-refractivity contribution in [1.29, 1.82) is 0 Å². The van der Waals surface area contributed by atoms with Crippen molar-refractivity contribution in [2.75, 3.05) is 13.2 Å². The van der Waals surface area contributed by atoms with Gasteiger partial charge in [-0.1, -0.05) is 0 Å². The molecule has 1 saturated heterocycles. The van der Waals surface area contributed by atoms with Gasteiger partial charge in [0.15, 0.2) is 0 Å². The van der Waals surface area contributed by atoms with Gasteiger partial charge in [0.2, 0.25) is 0 Å². The third kappa shape index (κ3) is 2.09. The summed E-state index contributed by atoms with van der Waals surface area (Å²) in [7, 11) is 1.90. The minimum Gasteiger partial charge on any atom is -0.387 e. The Morgan fingerprint density at radius 2 is 2.40 bits per heavy atom. The number of aromatic nitrogens is 2. The number of hydrogen-bond donors (Lipinski definition) is 1. The Kier molecular flexibility index (Phi) is 2.87. The summed E-state index contributed by atoms with van der Waals surface area (Å²) in [5, 5.41) is 14.5. The lowest BCUT2D eigenvalue weighted by Gasteiger charge is -2.20. The molecule has 0 radical (unpaired) electrons. The van der Waals surface area contributed by atoms with E-state index in [0.29, 0.717) is 26.1 Å². The monoisotopic (exact) mass is 274 g/mol. The molecule has 2 heterocycles. The van der Waals surface area contributed by atoms with Crippen LogP contribution in [0, 0.1) is 6.92 Å². The standard InChI is InChI=1S/C10H15BrN2O2/c1-7-9(11)8(13(2)12-7)5-10(14)3-4-15-6-10/h14H,3-6H2,1-2H3. The van der Waals surface area contributed by atoms with Crippen LogP contribution in [0.15, 0.2) is 4.47 Å². The van der Waals surface area contributed by atoms with Crippen LogP contribution in [-0.2, 0) is 18.2 Å².